The maximum absolute atomic E-state index is 5.84. The Labute approximate surface area is 159 Å². The van der Waals surface area contributed by atoms with Gasteiger partial charge in [0.1, 0.15) is 0 Å². The number of nitrogens with one attached hydrogen (secondary N) is 1. The van der Waals surface area contributed by atoms with E-state index in [1.807, 2.05) is 18.3 Å². The molecule has 126 valence electrons. The molecule has 1 N–H and O–H groups in total. The predicted octanol–water partition coefficient (Wildman–Crippen LogP) is 4.06. The van der Waals surface area contributed by atoms with Crippen LogP contribution in [0.3, 0.4) is 0 Å². The van der Waals surface area contributed by atoms with E-state index in [9.17, 15) is 0 Å². The molecule has 3 atom stereocenters. The molecule has 0 aliphatic carbocycles. The van der Waals surface area contributed by atoms with Crippen molar-refractivity contribution in [1.29, 1.82) is 0 Å². The molecule has 2 aliphatic rings. The molecule has 4 nitrogen and oxygen atoms in total. The van der Waals surface area contributed by atoms with E-state index in [1.54, 1.807) is 11.3 Å². The number of hydrogen-bond acceptors (Lipinski definition) is 4. The third-order valence-electron chi connectivity index (χ3n) is 4.51. The van der Waals surface area contributed by atoms with Crippen LogP contribution < -0.4 is 5.32 Å². The van der Waals surface area contributed by atoms with Crippen molar-refractivity contribution in [1.82, 2.24) is 15.2 Å². The number of aromatic nitrogens is 1. The molecule has 0 spiro atoms. The molecule has 4 rings (SSSR count). The molecule has 2 fully saturated rings. The molecule has 2 aliphatic heterocycles. The van der Waals surface area contributed by atoms with Crippen molar-refractivity contribution in [3.05, 3.63) is 50.9 Å². The molecule has 0 amide bonds. The summed E-state index contributed by atoms with van der Waals surface area (Å²) in [6.07, 6.45) is 4.34. The van der Waals surface area contributed by atoms with Crippen molar-refractivity contribution in [3.63, 3.8) is 0 Å². The zero-order valence-electron chi connectivity index (χ0n) is 13.0. The summed E-state index contributed by atoms with van der Waals surface area (Å²) < 4.78 is 6.97. The van der Waals surface area contributed by atoms with Crippen molar-refractivity contribution in [2.45, 2.75) is 31.0 Å². The molecular formula is C17H18BrN3OS2. The maximum Gasteiger partial charge on any atom is 0.170 e. The van der Waals surface area contributed by atoms with Gasteiger partial charge in [0, 0.05) is 24.2 Å². The summed E-state index contributed by atoms with van der Waals surface area (Å²) in [5.74, 6) is 0. The van der Waals surface area contributed by atoms with Crippen molar-refractivity contribution >= 4 is 44.6 Å². The van der Waals surface area contributed by atoms with Crippen LogP contribution in [0.2, 0.25) is 0 Å². The lowest BCUT2D eigenvalue weighted by Crippen LogP contribution is -2.36. The van der Waals surface area contributed by atoms with Gasteiger partial charge >= 0.3 is 0 Å². The second kappa shape index (κ2) is 7.07. The number of halogens is 1. The zero-order chi connectivity index (χ0) is 16.5. The molecule has 24 heavy (non-hydrogen) atoms. The van der Waals surface area contributed by atoms with Crippen LogP contribution in [-0.4, -0.2) is 34.3 Å². The highest BCUT2D eigenvalue weighted by Crippen LogP contribution is 2.42. The molecular weight excluding hydrogens is 406 g/mol. The normalized spacial score (nSPS) is 26.8. The first-order valence-corrected chi connectivity index (χ1v) is 10.1. The summed E-state index contributed by atoms with van der Waals surface area (Å²) in [5.41, 5.74) is 1.02. The van der Waals surface area contributed by atoms with E-state index in [0.29, 0.717) is 0 Å². The number of thiophene rings is 1. The molecule has 0 saturated carbocycles. The first-order valence-electron chi connectivity index (χ1n) is 8.07. The Morgan fingerprint density at radius 3 is 2.96 bits per heavy atom. The number of rotatable bonds is 4. The van der Waals surface area contributed by atoms with Crippen molar-refractivity contribution in [2.75, 3.05) is 13.2 Å². The lowest BCUT2D eigenvalue weighted by Gasteiger charge is -2.28. The fraction of sp³-hybridized carbons (Fsp3) is 0.412. The Morgan fingerprint density at radius 1 is 1.38 bits per heavy atom. The average Bonchev–Trinajstić information content (AvgIpc) is 3.31. The van der Waals surface area contributed by atoms with Crippen LogP contribution in [0.1, 0.15) is 35.5 Å². The van der Waals surface area contributed by atoms with Gasteiger partial charge in [0.25, 0.3) is 0 Å². The average molecular weight is 424 g/mol. The van der Waals surface area contributed by atoms with Gasteiger partial charge in [-0.05, 0) is 65.3 Å². The van der Waals surface area contributed by atoms with Crippen molar-refractivity contribution in [3.8, 4) is 0 Å². The van der Waals surface area contributed by atoms with Gasteiger partial charge in [-0.25, -0.2) is 0 Å². The smallest absolute Gasteiger partial charge is 0.170 e. The molecule has 2 aromatic rings. The number of nitrogens with zero attached hydrogens (tertiary/aromatic N) is 2. The third-order valence-corrected chi connectivity index (χ3v) is 6.55. The van der Waals surface area contributed by atoms with Gasteiger partial charge in [-0.2, -0.15) is 0 Å². The molecule has 2 saturated heterocycles. The highest BCUT2D eigenvalue weighted by molar-refractivity contribution is 9.11. The minimum Gasteiger partial charge on any atom is -0.376 e. The summed E-state index contributed by atoms with van der Waals surface area (Å²) in [4.78, 5) is 8.12. The standard InChI is InChI=1S/C17H18BrN3OS2/c18-14-7-6-13(24-14)16-15(12-5-1-2-8-19-12)20-17(23)21(16)10-11-4-3-9-22-11/h1-2,5-8,11,15-16H,3-4,9-10H2,(H,20,23)/t11-,15-,16-/m1/s1. The summed E-state index contributed by atoms with van der Waals surface area (Å²) in [7, 11) is 0. The summed E-state index contributed by atoms with van der Waals surface area (Å²) in [5, 5.41) is 4.27. The fourth-order valence-corrected chi connectivity index (χ4v) is 5.30. The quantitative estimate of drug-likeness (QED) is 0.750. The Balaban J connectivity index is 1.67. The Kier molecular flexibility index (Phi) is 4.85. The van der Waals surface area contributed by atoms with E-state index >= 15 is 0 Å². The van der Waals surface area contributed by atoms with E-state index in [0.717, 1.165) is 40.6 Å². The molecule has 0 unspecified atom stereocenters. The number of ether oxygens (including phenoxy) is 1. The largest absolute Gasteiger partial charge is 0.376 e. The molecule has 2 aromatic heterocycles. The summed E-state index contributed by atoms with van der Waals surface area (Å²) in [6, 6.07) is 10.5. The van der Waals surface area contributed by atoms with E-state index < -0.39 is 0 Å². The number of thiocarbonyl (C=S) groups is 1. The highest BCUT2D eigenvalue weighted by Gasteiger charge is 2.41. The van der Waals surface area contributed by atoms with E-state index in [2.05, 4.69) is 49.3 Å². The fourth-order valence-electron chi connectivity index (χ4n) is 3.41. The second-order valence-electron chi connectivity index (χ2n) is 6.06. The Morgan fingerprint density at radius 2 is 2.29 bits per heavy atom. The van der Waals surface area contributed by atoms with Gasteiger partial charge in [-0.1, -0.05) is 6.07 Å². The van der Waals surface area contributed by atoms with Gasteiger partial charge < -0.3 is 15.0 Å². The Bertz CT molecular complexity index is 718. The van der Waals surface area contributed by atoms with Gasteiger partial charge in [0.05, 0.1) is 27.7 Å². The lowest BCUT2D eigenvalue weighted by atomic mass is 10.0. The highest BCUT2D eigenvalue weighted by atomic mass is 79.9. The van der Waals surface area contributed by atoms with E-state index in [1.165, 1.54) is 4.88 Å². The van der Waals surface area contributed by atoms with Crippen molar-refractivity contribution < 1.29 is 4.74 Å². The molecule has 0 bridgehead atoms. The topological polar surface area (TPSA) is 37.4 Å². The lowest BCUT2D eigenvalue weighted by molar-refractivity contribution is 0.0846. The number of pyridine rings is 1. The maximum atomic E-state index is 5.84. The van der Waals surface area contributed by atoms with Crippen molar-refractivity contribution in [2.24, 2.45) is 0 Å². The van der Waals surface area contributed by atoms with Gasteiger partial charge in [0.15, 0.2) is 5.11 Å². The second-order valence-corrected chi connectivity index (χ2v) is 8.94. The summed E-state index contributed by atoms with van der Waals surface area (Å²) >= 11 is 11.0. The third kappa shape index (κ3) is 3.22. The first-order chi connectivity index (χ1) is 11.7. The zero-order valence-corrected chi connectivity index (χ0v) is 16.2. The van der Waals surface area contributed by atoms with Gasteiger partial charge in [0.2, 0.25) is 0 Å². The summed E-state index contributed by atoms with van der Waals surface area (Å²) in [6.45, 7) is 1.69. The van der Waals surface area contributed by atoms with Crippen LogP contribution in [0, 0.1) is 0 Å². The minimum absolute atomic E-state index is 0.0608. The molecule has 4 heterocycles. The van der Waals surface area contributed by atoms with Crippen LogP contribution in [-0.2, 0) is 4.74 Å². The molecule has 0 radical (unpaired) electrons. The van der Waals surface area contributed by atoms with Crippen LogP contribution >= 0.6 is 39.5 Å². The van der Waals surface area contributed by atoms with Crippen LogP contribution in [0.5, 0.6) is 0 Å². The van der Waals surface area contributed by atoms with Crippen LogP contribution in [0.4, 0.5) is 0 Å². The van der Waals surface area contributed by atoms with E-state index in [-0.39, 0.29) is 18.2 Å². The Hall–Kier alpha value is -1.02. The van der Waals surface area contributed by atoms with E-state index in [4.69, 9.17) is 17.0 Å². The van der Waals surface area contributed by atoms with Gasteiger partial charge in [-0.3, -0.25) is 4.98 Å². The van der Waals surface area contributed by atoms with Gasteiger partial charge in [-0.15, -0.1) is 11.3 Å². The monoisotopic (exact) mass is 423 g/mol. The predicted molar refractivity (Wildman–Crippen MR) is 103 cm³/mol. The van der Waals surface area contributed by atoms with Crippen LogP contribution in [0.15, 0.2) is 40.3 Å². The number of hydrogen-bond donors (Lipinski definition) is 1. The van der Waals surface area contributed by atoms with Crippen LogP contribution in [0.25, 0.3) is 0 Å². The SMILES string of the molecule is S=C1N[C@H](c2ccccn2)[C@@H](c2ccc(Br)s2)N1C[C@H]1CCCO1. The molecule has 7 heteroatoms. The minimum atomic E-state index is 0.0608. The molecule has 0 aromatic carbocycles. The first kappa shape index (κ1) is 16.4.